The molecule has 0 unspecified atom stereocenters. The summed E-state index contributed by atoms with van der Waals surface area (Å²) in [6.45, 7) is 1.73. The van der Waals surface area contributed by atoms with Crippen LogP contribution in [0, 0.1) is 0 Å². The second-order valence-electron chi connectivity index (χ2n) is 6.22. The molecule has 1 fully saturated rings. The molecule has 3 N–H and O–H groups in total. The minimum atomic E-state index is -0.652. The number of aliphatic hydroxyl groups is 2. The molecule has 1 saturated carbocycles. The number of nitrogens with one attached hydrogen (secondary N) is 1. The van der Waals surface area contributed by atoms with Gasteiger partial charge in [0.1, 0.15) is 23.1 Å². The van der Waals surface area contributed by atoms with Crippen molar-refractivity contribution < 1.29 is 10.2 Å². The van der Waals surface area contributed by atoms with Crippen molar-refractivity contribution >= 4 is 22.1 Å². The Morgan fingerprint density at radius 1 is 1.41 bits per heavy atom. The maximum Gasteiger partial charge on any atom is 0.139 e. The van der Waals surface area contributed by atoms with Gasteiger partial charge >= 0.3 is 0 Å². The van der Waals surface area contributed by atoms with Crippen molar-refractivity contribution in [2.75, 3.05) is 0 Å². The monoisotopic (exact) mass is 300 g/mol. The summed E-state index contributed by atoms with van der Waals surface area (Å²) in [4.78, 5) is 12.1. The number of hydrogen-bond donors (Lipinski definition) is 3. The van der Waals surface area contributed by atoms with Crippen LogP contribution in [0.25, 0.3) is 22.1 Å². The predicted octanol–water partition coefficient (Wildman–Crippen LogP) is 2.44. The van der Waals surface area contributed by atoms with Gasteiger partial charge in [0, 0.05) is 17.6 Å². The Labute approximate surface area is 127 Å². The molecule has 1 aliphatic carbocycles. The number of imidazole rings is 1. The van der Waals surface area contributed by atoms with Crippen LogP contribution in [-0.4, -0.2) is 35.8 Å². The van der Waals surface area contributed by atoms with E-state index in [1.165, 1.54) is 0 Å². The van der Waals surface area contributed by atoms with Gasteiger partial charge < -0.3 is 19.8 Å². The van der Waals surface area contributed by atoms with Crippen LogP contribution >= 0.6 is 0 Å². The minimum Gasteiger partial charge on any atom is -0.393 e. The third-order valence-electron chi connectivity index (χ3n) is 4.62. The maximum absolute atomic E-state index is 10.2. The zero-order chi connectivity index (χ0) is 15.3. The first-order valence-electron chi connectivity index (χ1n) is 7.85. The summed E-state index contributed by atoms with van der Waals surface area (Å²) in [5.41, 5.74) is 2.62. The number of fused-ring (bicyclic) bond motifs is 3. The number of aromatic nitrogens is 4. The average Bonchev–Trinajstić information content (AvgIpc) is 3.10. The van der Waals surface area contributed by atoms with Crippen LogP contribution < -0.4 is 0 Å². The summed E-state index contributed by atoms with van der Waals surface area (Å²) >= 11 is 0. The second-order valence-corrected chi connectivity index (χ2v) is 6.22. The van der Waals surface area contributed by atoms with Gasteiger partial charge in [-0.1, -0.05) is 0 Å². The first kappa shape index (κ1) is 13.7. The predicted molar refractivity (Wildman–Crippen MR) is 83.5 cm³/mol. The lowest BCUT2D eigenvalue weighted by Crippen LogP contribution is -2.24. The van der Waals surface area contributed by atoms with E-state index in [9.17, 15) is 10.2 Å². The zero-order valence-electron chi connectivity index (χ0n) is 12.5. The molecule has 6 heteroatoms. The van der Waals surface area contributed by atoms with Crippen LogP contribution in [0.2, 0.25) is 0 Å². The molecule has 0 radical (unpaired) electrons. The quantitative estimate of drug-likeness (QED) is 0.678. The fourth-order valence-corrected chi connectivity index (χ4v) is 3.65. The number of aliphatic hydroxyl groups excluding tert-OH is 2. The first-order chi connectivity index (χ1) is 10.6. The fraction of sp³-hybridized carbons (Fsp3) is 0.500. The molecular weight excluding hydrogens is 280 g/mol. The lowest BCUT2D eigenvalue weighted by atomic mass is 9.92. The summed E-state index contributed by atoms with van der Waals surface area (Å²) in [5, 5.41) is 21.2. The van der Waals surface area contributed by atoms with Gasteiger partial charge in [-0.25, -0.2) is 9.97 Å². The molecule has 0 bridgehead atoms. The number of rotatable bonds is 2. The Morgan fingerprint density at radius 3 is 3.05 bits per heavy atom. The molecule has 4 rings (SSSR count). The van der Waals surface area contributed by atoms with Crippen molar-refractivity contribution in [1.29, 1.82) is 0 Å². The molecular formula is C16H20N4O2. The highest BCUT2D eigenvalue weighted by Gasteiger charge is 2.27. The Bertz CT molecular complexity index is 820. The van der Waals surface area contributed by atoms with Crippen LogP contribution in [0.1, 0.15) is 50.6 Å². The Hall–Kier alpha value is -1.92. The van der Waals surface area contributed by atoms with E-state index in [-0.39, 0.29) is 12.1 Å². The van der Waals surface area contributed by atoms with Crippen LogP contribution in [0.5, 0.6) is 0 Å². The highest BCUT2D eigenvalue weighted by molar-refractivity contribution is 6.01. The summed E-state index contributed by atoms with van der Waals surface area (Å²) in [6, 6.07) is 2.16. The molecule has 0 amide bonds. The third kappa shape index (κ3) is 2.02. The van der Waals surface area contributed by atoms with Crippen LogP contribution in [0.3, 0.4) is 0 Å². The lowest BCUT2D eigenvalue weighted by Gasteiger charge is -2.29. The van der Waals surface area contributed by atoms with E-state index in [0.29, 0.717) is 12.2 Å². The van der Waals surface area contributed by atoms with Gasteiger partial charge in [-0.05, 0) is 38.7 Å². The second kappa shape index (κ2) is 5.07. The number of pyridine rings is 1. The zero-order valence-corrected chi connectivity index (χ0v) is 12.5. The van der Waals surface area contributed by atoms with Crippen molar-refractivity contribution in [2.45, 2.75) is 50.9 Å². The fourth-order valence-electron chi connectivity index (χ4n) is 3.65. The van der Waals surface area contributed by atoms with Gasteiger partial charge in [0.15, 0.2) is 0 Å². The number of H-pyrrole nitrogens is 1. The molecule has 3 aromatic rings. The van der Waals surface area contributed by atoms with Crippen molar-refractivity contribution in [2.24, 2.45) is 0 Å². The van der Waals surface area contributed by atoms with Crippen molar-refractivity contribution in [1.82, 2.24) is 19.5 Å². The molecule has 0 saturated heterocycles. The Balaban J connectivity index is 1.99. The van der Waals surface area contributed by atoms with Gasteiger partial charge in [-0.3, -0.25) is 0 Å². The SMILES string of the molecule is C[C@@H](O)c1nc2cnc3[nH]ccc3c2n1[C@@H]1CCC[C@@H](O)C1. The average molecular weight is 300 g/mol. The number of nitrogens with zero attached hydrogens (tertiary/aromatic N) is 3. The first-order valence-corrected chi connectivity index (χ1v) is 7.85. The molecule has 116 valence electrons. The molecule has 22 heavy (non-hydrogen) atoms. The minimum absolute atomic E-state index is 0.166. The summed E-state index contributed by atoms with van der Waals surface area (Å²) in [7, 11) is 0. The van der Waals surface area contributed by atoms with E-state index in [4.69, 9.17) is 0 Å². The number of aromatic amines is 1. The van der Waals surface area contributed by atoms with E-state index in [1.807, 2.05) is 12.3 Å². The molecule has 3 aromatic heterocycles. The molecule has 3 heterocycles. The molecule has 0 aromatic carbocycles. The Morgan fingerprint density at radius 2 is 2.27 bits per heavy atom. The molecule has 0 spiro atoms. The van der Waals surface area contributed by atoms with Gasteiger partial charge in [0.25, 0.3) is 0 Å². The van der Waals surface area contributed by atoms with Crippen LogP contribution in [-0.2, 0) is 0 Å². The summed E-state index contributed by atoms with van der Waals surface area (Å²) in [5.74, 6) is 0.657. The smallest absolute Gasteiger partial charge is 0.139 e. The van der Waals surface area contributed by atoms with Crippen LogP contribution in [0.4, 0.5) is 0 Å². The standard InChI is InChI=1S/C16H20N4O2/c1-9(21)16-19-13-8-18-15-12(5-6-17-15)14(13)20(16)10-3-2-4-11(22)7-10/h5-6,8-11,21-22H,2-4,7H2,1H3,(H,17,18)/t9-,10-,11-/m1/s1. The molecule has 3 atom stereocenters. The number of hydrogen-bond acceptors (Lipinski definition) is 4. The van der Waals surface area contributed by atoms with Gasteiger partial charge in [-0.2, -0.15) is 0 Å². The van der Waals surface area contributed by atoms with Crippen molar-refractivity contribution in [3.8, 4) is 0 Å². The molecule has 6 nitrogen and oxygen atoms in total. The van der Waals surface area contributed by atoms with Crippen molar-refractivity contribution in [3.05, 3.63) is 24.3 Å². The van der Waals surface area contributed by atoms with E-state index in [1.54, 1.807) is 13.1 Å². The maximum atomic E-state index is 10.2. The summed E-state index contributed by atoms with van der Waals surface area (Å²) < 4.78 is 2.13. The van der Waals surface area contributed by atoms with E-state index >= 15 is 0 Å². The van der Waals surface area contributed by atoms with E-state index in [0.717, 1.165) is 41.3 Å². The van der Waals surface area contributed by atoms with Gasteiger partial charge in [-0.15, -0.1) is 0 Å². The van der Waals surface area contributed by atoms with Gasteiger partial charge in [0.2, 0.25) is 0 Å². The van der Waals surface area contributed by atoms with Gasteiger partial charge in [0.05, 0.1) is 17.8 Å². The normalized spacial score (nSPS) is 24.1. The molecule has 1 aliphatic rings. The highest BCUT2D eigenvalue weighted by Crippen LogP contribution is 2.36. The third-order valence-corrected chi connectivity index (χ3v) is 4.62. The topological polar surface area (TPSA) is 87.0 Å². The van der Waals surface area contributed by atoms with E-state index < -0.39 is 6.10 Å². The van der Waals surface area contributed by atoms with Crippen LogP contribution in [0.15, 0.2) is 18.5 Å². The van der Waals surface area contributed by atoms with Crippen molar-refractivity contribution in [3.63, 3.8) is 0 Å². The highest BCUT2D eigenvalue weighted by atomic mass is 16.3. The molecule has 0 aliphatic heterocycles. The largest absolute Gasteiger partial charge is 0.393 e. The van der Waals surface area contributed by atoms with E-state index in [2.05, 4.69) is 19.5 Å². The Kier molecular flexibility index (Phi) is 3.16. The lowest BCUT2D eigenvalue weighted by molar-refractivity contribution is 0.0997. The summed E-state index contributed by atoms with van der Waals surface area (Å²) in [6.07, 6.45) is 6.24.